The van der Waals surface area contributed by atoms with E-state index in [1.807, 2.05) is 0 Å². The topological polar surface area (TPSA) is 106 Å². The molecule has 0 fully saturated rings. The molecule has 0 saturated carbocycles. The first-order chi connectivity index (χ1) is 9.01. The summed E-state index contributed by atoms with van der Waals surface area (Å²) in [6.07, 6.45) is 1.28. The van der Waals surface area contributed by atoms with Gasteiger partial charge in [-0.1, -0.05) is 0 Å². The van der Waals surface area contributed by atoms with Crippen LogP contribution >= 0.6 is 12.2 Å². The molecular formula is C11H13N3O4S. The van der Waals surface area contributed by atoms with Crippen molar-refractivity contribution in [3.05, 3.63) is 23.3 Å². The first-order valence-corrected chi connectivity index (χ1v) is 5.48. The molecule has 0 unspecified atom stereocenters. The van der Waals surface area contributed by atoms with Crippen LogP contribution < -0.4 is 20.6 Å². The summed E-state index contributed by atoms with van der Waals surface area (Å²) in [5.41, 5.74) is 7.81. The minimum absolute atomic E-state index is 0.0198. The van der Waals surface area contributed by atoms with Gasteiger partial charge in [-0.05, 0) is 24.4 Å². The van der Waals surface area contributed by atoms with Gasteiger partial charge in [0.15, 0.2) is 16.6 Å². The molecule has 1 aromatic rings. The fourth-order valence-electron chi connectivity index (χ4n) is 1.44. The zero-order chi connectivity index (χ0) is 14.4. The first kappa shape index (κ1) is 14.7. The molecule has 0 heterocycles. The molecular weight excluding hydrogens is 270 g/mol. The maximum absolute atomic E-state index is 11.3. The Kier molecular flexibility index (Phi) is 5.07. The number of rotatable bonds is 5. The number of carbonyl (C=O) groups is 1. The molecule has 0 aromatic heterocycles. The summed E-state index contributed by atoms with van der Waals surface area (Å²) in [7, 11) is 2.78. The van der Waals surface area contributed by atoms with Gasteiger partial charge >= 0.3 is 5.97 Å². The van der Waals surface area contributed by atoms with Gasteiger partial charge in [-0.25, -0.2) is 4.79 Å². The molecule has 4 N–H and O–H groups in total. The van der Waals surface area contributed by atoms with E-state index in [1.165, 1.54) is 26.5 Å². The normalized spacial score (nSPS) is 10.2. The molecule has 102 valence electrons. The van der Waals surface area contributed by atoms with Crippen LogP contribution in [-0.2, 0) is 0 Å². The summed E-state index contributed by atoms with van der Waals surface area (Å²) in [6, 6.07) is 3.11. The Balaban J connectivity index is 3.28. The highest BCUT2D eigenvalue weighted by molar-refractivity contribution is 7.80. The van der Waals surface area contributed by atoms with E-state index < -0.39 is 5.97 Å². The Morgan fingerprint density at radius 1 is 1.47 bits per heavy atom. The number of carboxylic acids is 1. The molecule has 0 aliphatic rings. The van der Waals surface area contributed by atoms with Crippen LogP contribution in [0, 0.1) is 0 Å². The van der Waals surface area contributed by atoms with Crippen LogP contribution in [0.25, 0.3) is 0 Å². The number of benzene rings is 1. The van der Waals surface area contributed by atoms with Crippen LogP contribution in [0.1, 0.15) is 15.9 Å². The number of methoxy groups -OCH3 is 2. The molecule has 7 nitrogen and oxygen atoms in total. The fraction of sp³-hybridized carbons (Fsp3) is 0.182. The molecule has 8 heteroatoms. The van der Waals surface area contributed by atoms with Crippen molar-refractivity contribution in [3.8, 4) is 11.5 Å². The minimum atomic E-state index is -1.16. The van der Waals surface area contributed by atoms with Crippen molar-refractivity contribution in [3.63, 3.8) is 0 Å². The summed E-state index contributed by atoms with van der Waals surface area (Å²) in [6.45, 7) is 0. The molecule has 1 aromatic carbocycles. The number of hydrogen-bond donors (Lipinski definition) is 3. The Morgan fingerprint density at radius 3 is 2.63 bits per heavy atom. The van der Waals surface area contributed by atoms with Gasteiger partial charge in [0.05, 0.1) is 20.4 Å². The number of hydrazone groups is 1. The van der Waals surface area contributed by atoms with Crippen molar-refractivity contribution in [1.29, 1.82) is 0 Å². The van der Waals surface area contributed by atoms with Crippen LogP contribution in [0.3, 0.4) is 0 Å². The third kappa shape index (κ3) is 3.55. The highest BCUT2D eigenvalue weighted by Gasteiger charge is 2.19. The fourth-order valence-corrected chi connectivity index (χ4v) is 1.49. The van der Waals surface area contributed by atoms with Gasteiger partial charge in [-0.2, -0.15) is 5.10 Å². The number of aromatic carboxylic acids is 1. The maximum atomic E-state index is 11.3. The van der Waals surface area contributed by atoms with E-state index in [9.17, 15) is 9.90 Å². The number of nitrogens with one attached hydrogen (secondary N) is 1. The highest BCUT2D eigenvalue weighted by atomic mass is 32.1. The average Bonchev–Trinajstić information content (AvgIpc) is 2.37. The van der Waals surface area contributed by atoms with Crippen LogP contribution in [0.4, 0.5) is 0 Å². The Morgan fingerprint density at radius 2 is 2.16 bits per heavy atom. The Bertz CT molecular complexity index is 531. The largest absolute Gasteiger partial charge is 0.493 e. The third-order valence-corrected chi connectivity index (χ3v) is 2.26. The standard InChI is InChI=1S/C11H13N3O4S/c1-17-7-4-3-6(5-13-14-11(12)19)8(10(15)16)9(7)18-2/h3-5H,1-2H3,(H,15,16)(H3,12,14,19). The average molecular weight is 283 g/mol. The van der Waals surface area contributed by atoms with Crippen molar-refractivity contribution >= 4 is 29.5 Å². The van der Waals surface area contributed by atoms with Crippen molar-refractivity contribution in [2.45, 2.75) is 0 Å². The van der Waals surface area contributed by atoms with Crippen LogP contribution in [0.2, 0.25) is 0 Å². The van der Waals surface area contributed by atoms with E-state index in [0.29, 0.717) is 11.3 Å². The summed E-state index contributed by atoms with van der Waals surface area (Å²) in [5.74, 6) is -0.721. The summed E-state index contributed by atoms with van der Waals surface area (Å²) >= 11 is 4.58. The van der Waals surface area contributed by atoms with Crippen molar-refractivity contribution in [1.82, 2.24) is 5.43 Å². The van der Waals surface area contributed by atoms with Crippen molar-refractivity contribution < 1.29 is 19.4 Å². The van der Waals surface area contributed by atoms with E-state index in [-0.39, 0.29) is 16.4 Å². The van der Waals surface area contributed by atoms with Gasteiger partial charge in [0.1, 0.15) is 5.56 Å². The summed E-state index contributed by atoms with van der Waals surface area (Å²) in [5, 5.41) is 12.9. The van der Waals surface area contributed by atoms with Gasteiger partial charge in [0.2, 0.25) is 0 Å². The lowest BCUT2D eigenvalue weighted by Gasteiger charge is -2.12. The molecule has 1 rings (SSSR count). The lowest BCUT2D eigenvalue weighted by atomic mass is 10.1. The number of hydrogen-bond acceptors (Lipinski definition) is 5. The van der Waals surface area contributed by atoms with Gasteiger partial charge in [-0.3, -0.25) is 5.43 Å². The van der Waals surface area contributed by atoms with Crippen molar-refractivity contribution in [2.24, 2.45) is 10.8 Å². The number of nitrogens with two attached hydrogens (primary N) is 1. The van der Waals surface area contributed by atoms with Crippen LogP contribution in [-0.4, -0.2) is 36.6 Å². The van der Waals surface area contributed by atoms with Gasteiger partial charge in [0.25, 0.3) is 0 Å². The highest BCUT2D eigenvalue weighted by Crippen LogP contribution is 2.32. The number of thiocarbonyl (C=S) groups is 1. The third-order valence-electron chi connectivity index (χ3n) is 2.17. The van der Waals surface area contributed by atoms with Gasteiger partial charge < -0.3 is 20.3 Å². The van der Waals surface area contributed by atoms with Gasteiger partial charge in [-0.15, -0.1) is 0 Å². The van der Waals surface area contributed by atoms with Crippen molar-refractivity contribution in [2.75, 3.05) is 14.2 Å². The smallest absolute Gasteiger partial charge is 0.340 e. The zero-order valence-corrected chi connectivity index (χ0v) is 11.2. The molecule has 0 spiro atoms. The molecule has 0 atom stereocenters. The van der Waals surface area contributed by atoms with Gasteiger partial charge in [0, 0.05) is 5.56 Å². The number of carboxylic acid groups (broad SMARTS) is 1. The molecule has 0 bridgehead atoms. The van der Waals surface area contributed by atoms with E-state index in [2.05, 4.69) is 22.7 Å². The second kappa shape index (κ2) is 6.55. The summed E-state index contributed by atoms with van der Waals surface area (Å²) in [4.78, 5) is 11.3. The summed E-state index contributed by atoms with van der Waals surface area (Å²) < 4.78 is 10.1. The predicted octanol–water partition coefficient (Wildman–Crippen LogP) is 0.569. The predicted molar refractivity (Wildman–Crippen MR) is 74.0 cm³/mol. The van der Waals surface area contributed by atoms with E-state index >= 15 is 0 Å². The second-order valence-corrected chi connectivity index (χ2v) is 3.74. The molecule has 0 radical (unpaired) electrons. The van der Waals surface area contributed by atoms with E-state index in [4.69, 9.17) is 15.2 Å². The lowest BCUT2D eigenvalue weighted by Crippen LogP contribution is -2.24. The SMILES string of the molecule is COc1ccc(C=NNC(N)=S)c(C(=O)O)c1OC. The Hall–Kier alpha value is -2.35. The number of nitrogens with zero attached hydrogens (tertiary/aromatic N) is 1. The lowest BCUT2D eigenvalue weighted by molar-refractivity contribution is 0.0692. The minimum Gasteiger partial charge on any atom is -0.493 e. The molecule has 0 amide bonds. The maximum Gasteiger partial charge on any atom is 0.340 e. The number of ether oxygens (including phenoxy) is 2. The first-order valence-electron chi connectivity index (χ1n) is 5.08. The van der Waals surface area contributed by atoms with Crippen LogP contribution in [0.15, 0.2) is 17.2 Å². The van der Waals surface area contributed by atoms with E-state index in [0.717, 1.165) is 0 Å². The molecule has 0 aliphatic heterocycles. The monoisotopic (exact) mass is 283 g/mol. The second-order valence-electron chi connectivity index (χ2n) is 3.30. The molecule has 0 saturated heterocycles. The zero-order valence-electron chi connectivity index (χ0n) is 10.3. The molecule has 19 heavy (non-hydrogen) atoms. The Labute approximate surface area is 115 Å². The quantitative estimate of drug-likeness (QED) is 0.412. The van der Waals surface area contributed by atoms with Crippen LogP contribution in [0.5, 0.6) is 11.5 Å². The van der Waals surface area contributed by atoms with E-state index in [1.54, 1.807) is 6.07 Å². The molecule has 0 aliphatic carbocycles.